The van der Waals surface area contributed by atoms with Crippen molar-refractivity contribution in [2.45, 2.75) is 45.1 Å². The Morgan fingerprint density at radius 3 is 2.95 bits per heavy atom. The zero-order chi connectivity index (χ0) is 13.9. The maximum atomic E-state index is 12.0. The third-order valence-electron chi connectivity index (χ3n) is 3.37. The molecule has 0 aromatic rings. The van der Waals surface area contributed by atoms with E-state index in [9.17, 15) is 4.79 Å². The fourth-order valence-electron chi connectivity index (χ4n) is 2.35. The normalized spacial score (nSPS) is 19.5. The highest BCUT2D eigenvalue weighted by Gasteiger charge is 2.23. The number of likely N-dealkylation sites (tertiary alicyclic amines) is 1. The number of nitrogens with zero attached hydrogens (tertiary/aromatic N) is 1. The van der Waals surface area contributed by atoms with Crippen LogP contribution in [-0.2, 0) is 9.47 Å². The number of hydrogen-bond donors (Lipinski definition) is 1. The molecule has 0 saturated carbocycles. The summed E-state index contributed by atoms with van der Waals surface area (Å²) >= 11 is 0. The van der Waals surface area contributed by atoms with E-state index in [1.54, 1.807) is 7.11 Å². The Hall–Kier alpha value is -0.810. The molecule has 1 rings (SSSR count). The van der Waals surface area contributed by atoms with Gasteiger partial charge in [-0.2, -0.15) is 0 Å². The van der Waals surface area contributed by atoms with E-state index >= 15 is 0 Å². The Kier molecular flexibility index (Phi) is 8.58. The second kappa shape index (κ2) is 10.0. The quantitative estimate of drug-likeness (QED) is 0.688. The van der Waals surface area contributed by atoms with E-state index in [1.807, 2.05) is 11.8 Å². The predicted molar refractivity (Wildman–Crippen MR) is 75.3 cm³/mol. The third kappa shape index (κ3) is 6.78. The standard InChI is InChI=1S/C14H28N2O3/c1-3-19-13-8-7-10-16(12-13)14(17)15-9-5-4-6-11-18-2/h13H,3-12H2,1-2H3,(H,15,17). The average molecular weight is 272 g/mol. The molecule has 0 aromatic heterocycles. The molecule has 1 heterocycles. The second-order valence-corrected chi connectivity index (χ2v) is 4.95. The topological polar surface area (TPSA) is 50.8 Å². The summed E-state index contributed by atoms with van der Waals surface area (Å²) in [5.74, 6) is 0. The summed E-state index contributed by atoms with van der Waals surface area (Å²) in [5.41, 5.74) is 0. The van der Waals surface area contributed by atoms with Gasteiger partial charge in [0.2, 0.25) is 0 Å². The van der Waals surface area contributed by atoms with Crippen molar-refractivity contribution in [3.8, 4) is 0 Å². The van der Waals surface area contributed by atoms with Crippen LogP contribution in [-0.4, -0.2) is 57.0 Å². The van der Waals surface area contributed by atoms with Crippen LogP contribution in [0.5, 0.6) is 0 Å². The number of rotatable bonds is 8. The summed E-state index contributed by atoms with van der Waals surface area (Å²) in [4.78, 5) is 13.8. The van der Waals surface area contributed by atoms with Crippen LogP contribution in [0.2, 0.25) is 0 Å². The lowest BCUT2D eigenvalue weighted by atomic mass is 10.1. The number of nitrogens with one attached hydrogen (secondary N) is 1. The van der Waals surface area contributed by atoms with Gasteiger partial charge in [0.1, 0.15) is 0 Å². The average Bonchev–Trinajstić information content (AvgIpc) is 2.43. The monoisotopic (exact) mass is 272 g/mol. The molecule has 0 spiro atoms. The smallest absolute Gasteiger partial charge is 0.317 e. The van der Waals surface area contributed by atoms with Gasteiger partial charge in [0.25, 0.3) is 0 Å². The molecule has 112 valence electrons. The molecule has 1 unspecified atom stereocenters. The van der Waals surface area contributed by atoms with Crippen molar-refractivity contribution in [2.75, 3.05) is 40.0 Å². The van der Waals surface area contributed by atoms with Crippen molar-refractivity contribution in [1.82, 2.24) is 10.2 Å². The molecule has 0 aliphatic carbocycles. The first-order chi connectivity index (χ1) is 9.27. The van der Waals surface area contributed by atoms with Crippen LogP contribution in [0.3, 0.4) is 0 Å². The van der Waals surface area contributed by atoms with Crippen LogP contribution in [0.15, 0.2) is 0 Å². The van der Waals surface area contributed by atoms with E-state index < -0.39 is 0 Å². The minimum Gasteiger partial charge on any atom is -0.385 e. The number of carbonyl (C=O) groups is 1. The molecule has 1 fully saturated rings. The molecular weight excluding hydrogens is 244 g/mol. The van der Waals surface area contributed by atoms with E-state index in [0.29, 0.717) is 0 Å². The number of hydrogen-bond acceptors (Lipinski definition) is 3. The molecule has 1 aliphatic heterocycles. The predicted octanol–water partition coefficient (Wildman–Crippen LogP) is 2.01. The van der Waals surface area contributed by atoms with E-state index in [2.05, 4.69) is 5.32 Å². The molecule has 2 amide bonds. The first-order valence-corrected chi connectivity index (χ1v) is 7.41. The summed E-state index contributed by atoms with van der Waals surface area (Å²) in [6, 6.07) is 0.0520. The number of amides is 2. The van der Waals surface area contributed by atoms with Gasteiger partial charge < -0.3 is 19.7 Å². The lowest BCUT2D eigenvalue weighted by Crippen LogP contribution is -2.48. The summed E-state index contributed by atoms with van der Waals surface area (Å²) in [6.07, 6.45) is 5.47. The molecule has 5 nitrogen and oxygen atoms in total. The number of methoxy groups -OCH3 is 1. The maximum absolute atomic E-state index is 12.0. The fourth-order valence-corrected chi connectivity index (χ4v) is 2.35. The molecule has 0 aromatic carbocycles. The maximum Gasteiger partial charge on any atom is 0.317 e. The highest BCUT2D eigenvalue weighted by molar-refractivity contribution is 5.74. The van der Waals surface area contributed by atoms with Gasteiger partial charge in [0.05, 0.1) is 6.10 Å². The molecule has 1 N–H and O–H groups in total. The van der Waals surface area contributed by atoms with Crippen LogP contribution < -0.4 is 5.32 Å². The summed E-state index contributed by atoms with van der Waals surface area (Å²) in [6.45, 7) is 5.84. The number of piperidine rings is 1. The van der Waals surface area contributed by atoms with Crippen molar-refractivity contribution in [3.63, 3.8) is 0 Å². The Morgan fingerprint density at radius 2 is 2.21 bits per heavy atom. The van der Waals surface area contributed by atoms with Gasteiger partial charge in [-0.05, 0) is 39.0 Å². The highest BCUT2D eigenvalue weighted by Crippen LogP contribution is 2.13. The summed E-state index contributed by atoms with van der Waals surface area (Å²) in [7, 11) is 1.72. The zero-order valence-corrected chi connectivity index (χ0v) is 12.3. The molecule has 0 bridgehead atoms. The lowest BCUT2D eigenvalue weighted by Gasteiger charge is -2.32. The molecule has 1 saturated heterocycles. The summed E-state index contributed by atoms with van der Waals surface area (Å²) in [5, 5.41) is 2.98. The Morgan fingerprint density at radius 1 is 1.37 bits per heavy atom. The van der Waals surface area contributed by atoms with Crippen molar-refractivity contribution < 1.29 is 14.3 Å². The van der Waals surface area contributed by atoms with Gasteiger partial charge in [-0.3, -0.25) is 0 Å². The highest BCUT2D eigenvalue weighted by atomic mass is 16.5. The molecule has 5 heteroatoms. The van der Waals surface area contributed by atoms with Gasteiger partial charge in [0, 0.05) is 40.0 Å². The molecular formula is C14H28N2O3. The van der Waals surface area contributed by atoms with Gasteiger partial charge >= 0.3 is 6.03 Å². The zero-order valence-electron chi connectivity index (χ0n) is 12.3. The molecule has 1 atom stereocenters. The number of unbranched alkanes of at least 4 members (excludes halogenated alkanes) is 2. The van der Waals surface area contributed by atoms with Crippen molar-refractivity contribution >= 4 is 6.03 Å². The number of carbonyl (C=O) groups excluding carboxylic acids is 1. The van der Waals surface area contributed by atoms with Crippen LogP contribution in [0, 0.1) is 0 Å². The largest absolute Gasteiger partial charge is 0.385 e. The number of ether oxygens (including phenoxy) is 2. The minimum absolute atomic E-state index is 0.0520. The van der Waals surface area contributed by atoms with Crippen LogP contribution in [0.4, 0.5) is 4.79 Å². The lowest BCUT2D eigenvalue weighted by molar-refractivity contribution is 0.0165. The van der Waals surface area contributed by atoms with Crippen molar-refractivity contribution in [3.05, 3.63) is 0 Å². The van der Waals surface area contributed by atoms with Crippen molar-refractivity contribution in [1.29, 1.82) is 0 Å². The van der Waals surface area contributed by atoms with Gasteiger partial charge in [0.15, 0.2) is 0 Å². The van der Waals surface area contributed by atoms with E-state index in [0.717, 1.165) is 65.0 Å². The first-order valence-electron chi connectivity index (χ1n) is 7.41. The van der Waals surface area contributed by atoms with Gasteiger partial charge in [-0.15, -0.1) is 0 Å². The molecule has 0 radical (unpaired) electrons. The Balaban J connectivity index is 2.11. The SMILES string of the molecule is CCOC1CCCN(C(=O)NCCCCCOC)C1. The number of urea groups is 1. The van der Waals surface area contributed by atoms with Gasteiger partial charge in [-0.25, -0.2) is 4.79 Å². The Labute approximate surface area is 116 Å². The Bertz CT molecular complexity index is 247. The summed E-state index contributed by atoms with van der Waals surface area (Å²) < 4.78 is 10.6. The minimum atomic E-state index is 0.0520. The van der Waals surface area contributed by atoms with Crippen molar-refractivity contribution in [2.24, 2.45) is 0 Å². The molecule has 1 aliphatic rings. The second-order valence-electron chi connectivity index (χ2n) is 4.95. The van der Waals surface area contributed by atoms with E-state index in [4.69, 9.17) is 9.47 Å². The van der Waals surface area contributed by atoms with Crippen LogP contribution in [0.1, 0.15) is 39.0 Å². The van der Waals surface area contributed by atoms with Gasteiger partial charge in [-0.1, -0.05) is 0 Å². The van der Waals surface area contributed by atoms with E-state index in [-0.39, 0.29) is 12.1 Å². The first kappa shape index (κ1) is 16.2. The van der Waals surface area contributed by atoms with Crippen LogP contribution in [0.25, 0.3) is 0 Å². The van der Waals surface area contributed by atoms with Crippen LogP contribution >= 0.6 is 0 Å². The molecule has 19 heavy (non-hydrogen) atoms. The van der Waals surface area contributed by atoms with E-state index in [1.165, 1.54) is 0 Å². The fraction of sp³-hybridized carbons (Fsp3) is 0.929. The third-order valence-corrected chi connectivity index (χ3v) is 3.37.